The van der Waals surface area contributed by atoms with Gasteiger partial charge >= 0.3 is 0 Å². The maximum atomic E-state index is 12.1. The van der Waals surface area contributed by atoms with Crippen molar-refractivity contribution in [1.82, 2.24) is 10.2 Å². The van der Waals surface area contributed by atoms with E-state index in [9.17, 15) is 4.79 Å². The van der Waals surface area contributed by atoms with E-state index in [1.54, 1.807) is 0 Å². The third-order valence-electron chi connectivity index (χ3n) is 4.26. The average Bonchev–Trinajstić information content (AvgIpc) is 3.00. The number of hydrogen-bond acceptors (Lipinski definition) is 3. The van der Waals surface area contributed by atoms with Crippen molar-refractivity contribution in [2.24, 2.45) is 0 Å². The molecule has 4 nitrogen and oxygen atoms in total. The molecule has 0 aliphatic carbocycles. The summed E-state index contributed by atoms with van der Waals surface area (Å²) in [4.78, 5) is 14.0. The van der Waals surface area contributed by atoms with Crippen molar-refractivity contribution >= 4 is 5.91 Å². The maximum absolute atomic E-state index is 12.1. The average molecular weight is 290 g/mol. The van der Waals surface area contributed by atoms with Gasteiger partial charge in [0.1, 0.15) is 5.75 Å². The number of aryl methyl sites for hydroxylation is 2. The summed E-state index contributed by atoms with van der Waals surface area (Å²) in [6.45, 7) is 6.69. The third-order valence-corrected chi connectivity index (χ3v) is 4.26. The van der Waals surface area contributed by atoms with E-state index < -0.39 is 0 Å². The van der Waals surface area contributed by atoms with Crippen LogP contribution >= 0.6 is 0 Å². The Hall–Kier alpha value is -1.55. The molecule has 1 aliphatic heterocycles. The van der Waals surface area contributed by atoms with Crippen LogP contribution in [0.4, 0.5) is 0 Å². The van der Waals surface area contributed by atoms with Crippen LogP contribution in [-0.4, -0.2) is 43.6 Å². The summed E-state index contributed by atoms with van der Waals surface area (Å²) in [6.07, 6.45) is 2.37. The second-order valence-electron chi connectivity index (χ2n) is 5.85. The Bertz CT molecular complexity index is 482. The zero-order valence-electron chi connectivity index (χ0n) is 13.3. The molecular formula is C17H26N2O2. The fourth-order valence-corrected chi connectivity index (χ4v) is 2.57. The van der Waals surface area contributed by atoms with Gasteiger partial charge in [0.15, 0.2) is 0 Å². The van der Waals surface area contributed by atoms with Crippen molar-refractivity contribution in [3.05, 3.63) is 29.3 Å². The molecule has 1 aromatic rings. The van der Waals surface area contributed by atoms with Gasteiger partial charge in [-0.3, -0.25) is 4.79 Å². The van der Waals surface area contributed by atoms with Crippen molar-refractivity contribution in [2.75, 3.05) is 26.7 Å². The number of amides is 1. The molecule has 1 aromatic carbocycles. The van der Waals surface area contributed by atoms with Crippen molar-refractivity contribution in [3.63, 3.8) is 0 Å². The summed E-state index contributed by atoms with van der Waals surface area (Å²) < 4.78 is 5.71. The van der Waals surface area contributed by atoms with Gasteiger partial charge < -0.3 is 15.0 Å². The van der Waals surface area contributed by atoms with E-state index in [1.807, 2.05) is 24.1 Å². The number of rotatable bonds is 6. The van der Waals surface area contributed by atoms with Crippen LogP contribution in [0.1, 0.15) is 30.4 Å². The first-order valence-electron chi connectivity index (χ1n) is 7.74. The second-order valence-corrected chi connectivity index (χ2v) is 5.85. The quantitative estimate of drug-likeness (QED) is 0.817. The van der Waals surface area contributed by atoms with Gasteiger partial charge in [-0.05, 0) is 56.5 Å². The normalized spacial score (nSPS) is 17.8. The van der Waals surface area contributed by atoms with Crippen LogP contribution in [0.15, 0.2) is 18.2 Å². The van der Waals surface area contributed by atoms with Crippen LogP contribution < -0.4 is 10.1 Å². The predicted octanol–water partition coefficient (Wildman–Crippen LogP) is 2.28. The number of hydrogen-bond donors (Lipinski definition) is 1. The Balaban J connectivity index is 1.69. The minimum absolute atomic E-state index is 0.215. The molecule has 2 rings (SSSR count). The molecule has 1 atom stereocenters. The number of nitrogens with zero attached hydrogens (tertiary/aromatic N) is 1. The molecule has 0 aromatic heterocycles. The fraction of sp³-hybridized carbons (Fsp3) is 0.588. The lowest BCUT2D eigenvalue weighted by atomic mass is 10.1. The molecule has 21 heavy (non-hydrogen) atoms. The van der Waals surface area contributed by atoms with E-state index >= 15 is 0 Å². The summed E-state index contributed by atoms with van der Waals surface area (Å²) in [5.74, 6) is 1.10. The third kappa shape index (κ3) is 4.46. The van der Waals surface area contributed by atoms with Gasteiger partial charge in [0, 0.05) is 26.1 Å². The lowest BCUT2D eigenvalue weighted by molar-refractivity contribution is -0.131. The van der Waals surface area contributed by atoms with Gasteiger partial charge in [0.25, 0.3) is 0 Å². The standard InChI is InChI=1S/C17H26N2O2/c1-13-6-7-16(11-14(13)2)21-10-4-5-17(20)19(3)15-8-9-18-12-15/h6-7,11,15,18H,4-5,8-10,12H2,1-3H3. The highest BCUT2D eigenvalue weighted by molar-refractivity contribution is 5.76. The lowest BCUT2D eigenvalue weighted by Crippen LogP contribution is -2.38. The zero-order valence-corrected chi connectivity index (χ0v) is 13.3. The molecule has 0 radical (unpaired) electrons. The molecule has 0 saturated carbocycles. The van der Waals surface area contributed by atoms with Gasteiger partial charge in [-0.15, -0.1) is 0 Å². The first-order valence-corrected chi connectivity index (χ1v) is 7.74. The van der Waals surface area contributed by atoms with E-state index in [0.29, 0.717) is 19.1 Å². The topological polar surface area (TPSA) is 41.6 Å². The van der Waals surface area contributed by atoms with Crippen LogP contribution in [0.2, 0.25) is 0 Å². The van der Waals surface area contributed by atoms with Gasteiger partial charge in [-0.1, -0.05) is 6.07 Å². The number of nitrogens with one attached hydrogen (secondary N) is 1. The first kappa shape index (κ1) is 15.8. The molecule has 1 unspecified atom stereocenters. The highest BCUT2D eigenvalue weighted by atomic mass is 16.5. The van der Waals surface area contributed by atoms with Crippen LogP contribution in [-0.2, 0) is 4.79 Å². The van der Waals surface area contributed by atoms with Crippen molar-refractivity contribution < 1.29 is 9.53 Å². The van der Waals surface area contributed by atoms with Crippen molar-refractivity contribution in [3.8, 4) is 5.75 Å². The Kier molecular flexibility index (Phi) is 5.62. The molecule has 1 heterocycles. The van der Waals surface area contributed by atoms with E-state index in [1.165, 1.54) is 11.1 Å². The zero-order chi connectivity index (χ0) is 15.2. The van der Waals surface area contributed by atoms with Crippen molar-refractivity contribution in [1.29, 1.82) is 0 Å². The Morgan fingerprint density at radius 2 is 2.19 bits per heavy atom. The monoisotopic (exact) mass is 290 g/mol. The molecule has 1 saturated heterocycles. The summed E-state index contributed by atoms with van der Waals surface area (Å²) in [7, 11) is 1.91. The molecule has 1 aliphatic rings. The van der Waals surface area contributed by atoms with Crippen molar-refractivity contribution in [2.45, 2.75) is 39.2 Å². The number of ether oxygens (including phenoxy) is 1. The smallest absolute Gasteiger partial charge is 0.222 e. The molecular weight excluding hydrogens is 264 g/mol. The molecule has 1 amide bonds. The Labute approximate surface area is 127 Å². The van der Waals surface area contributed by atoms with E-state index in [0.717, 1.165) is 31.7 Å². The van der Waals surface area contributed by atoms with Gasteiger partial charge in [-0.2, -0.15) is 0 Å². The van der Waals surface area contributed by atoms with Crippen LogP contribution in [0, 0.1) is 13.8 Å². The lowest BCUT2D eigenvalue weighted by Gasteiger charge is -2.23. The minimum atomic E-state index is 0.215. The Morgan fingerprint density at radius 1 is 1.38 bits per heavy atom. The maximum Gasteiger partial charge on any atom is 0.222 e. The van der Waals surface area contributed by atoms with Gasteiger partial charge in [-0.25, -0.2) is 0 Å². The summed E-state index contributed by atoms with van der Waals surface area (Å²) in [5, 5.41) is 3.29. The first-order chi connectivity index (χ1) is 10.1. The van der Waals surface area contributed by atoms with E-state index in [4.69, 9.17) is 4.74 Å². The highest BCUT2D eigenvalue weighted by Crippen LogP contribution is 2.17. The summed E-state index contributed by atoms with van der Waals surface area (Å²) in [5.41, 5.74) is 2.50. The van der Waals surface area contributed by atoms with E-state index in [-0.39, 0.29) is 5.91 Å². The molecule has 0 spiro atoms. The summed E-state index contributed by atoms with van der Waals surface area (Å²) >= 11 is 0. The van der Waals surface area contributed by atoms with Crippen LogP contribution in [0.3, 0.4) is 0 Å². The molecule has 1 N–H and O–H groups in total. The van der Waals surface area contributed by atoms with Gasteiger partial charge in [0.05, 0.1) is 6.61 Å². The molecule has 1 fully saturated rings. The Morgan fingerprint density at radius 3 is 2.86 bits per heavy atom. The number of benzene rings is 1. The number of likely N-dealkylation sites (N-methyl/N-ethyl adjacent to an activating group) is 1. The predicted molar refractivity (Wildman–Crippen MR) is 84.7 cm³/mol. The largest absolute Gasteiger partial charge is 0.494 e. The molecule has 4 heteroatoms. The SMILES string of the molecule is Cc1ccc(OCCCC(=O)N(C)C2CCNC2)cc1C. The highest BCUT2D eigenvalue weighted by Gasteiger charge is 2.22. The van der Waals surface area contributed by atoms with Gasteiger partial charge in [0.2, 0.25) is 5.91 Å². The van der Waals surface area contributed by atoms with Crippen LogP contribution in [0.5, 0.6) is 5.75 Å². The number of carbonyl (C=O) groups is 1. The van der Waals surface area contributed by atoms with E-state index in [2.05, 4.69) is 25.2 Å². The molecule has 0 bridgehead atoms. The second kappa shape index (κ2) is 7.46. The summed E-state index contributed by atoms with van der Waals surface area (Å²) in [6, 6.07) is 6.46. The molecule has 116 valence electrons. The van der Waals surface area contributed by atoms with Crippen LogP contribution in [0.25, 0.3) is 0 Å². The minimum Gasteiger partial charge on any atom is -0.494 e. The number of carbonyl (C=O) groups excluding carboxylic acids is 1. The fourth-order valence-electron chi connectivity index (χ4n) is 2.57.